The van der Waals surface area contributed by atoms with Crippen LogP contribution in [0.25, 0.3) is 0 Å². The molecule has 0 bridgehead atoms. The maximum atomic E-state index is 12.9. The first kappa shape index (κ1) is 11.6. The van der Waals surface area contributed by atoms with Crippen molar-refractivity contribution in [3.8, 4) is 0 Å². The van der Waals surface area contributed by atoms with Gasteiger partial charge in [0.05, 0.1) is 0 Å². The Morgan fingerprint density at radius 1 is 1.50 bits per heavy atom. The van der Waals surface area contributed by atoms with Crippen LogP contribution in [0.3, 0.4) is 0 Å². The van der Waals surface area contributed by atoms with Crippen LogP contribution >= 0.6 is 0 Å². The molecule has 1 aliphatic rings. The van der Waals surface area contributed by atoms with E-state index in [0.29, 0.717) is 12.8 Å². The van der Waals surface area contributed by atoms with Crippen LogP contribution in [0.5, 0.6) is 0 Å². The Labute approximate surface area is 83.5 Å². The molecule has 1 aliphatic carbocycles. The second-order valence-corrected chi connectivity index (χ2v) is 4.18. The van der Waals surface area contributed by atoms with Gasteiger partial charge in [0, 0.05) is 18.9 Å². The average Bonchev–Trinajstić information content (AvgIpc) is 2.08. The molecular weight excluding hydrogens is 186 g/mol. The van der Waals surface area contributed by atoms with E-state index < -0.39 is 5.92 Å². The molecule has 0 aliphatic heterocycles. The lowest BCUT2D eigenvalue weighted by molar-refractivity contribution is -0.0482. The van der Waals surface area contributed by atoms with Crippen molar-refractivity contribution < 1.29 is 8.78 Å². The molecule has 0 spiro atoms. The van der Waals surface area contributed by atoms with Gasteiger partial charge in [-0.25, -0.2) is 8.78 Å². The van der Waals surface area contributed by atoms with Crippen molar-refractivity contribution in [3.63, 3.8) is 0 Å². The molecule has 2 nitrogen and oxygen atoms in total. The zero-order valence-corrected chi connectivity index (χ0v) is 8.52. The second kappa shape index (κ2) is 4.36. The van der Waals surface area contributed by atoms with Gasteiger partial charge in [-0.05, 0) is 25.7 Å². The third-order valence-electron chi connectivity index (χ3n) is 2.94. The molecule has 82 valence electrons. The largest absolute Gasteiger partial charge is 0.271 e. The predicted octanol–water partition coefficient (Wildman–Crippen LogP) is 2.22. The van der Waals surface area contributed by atoms with Crippen molar-refractivity contribution >= 4 is 0 Å². The number of hydrazine groups is 1. The highest BCUT2D eigenvalue weighted by Gasteiger charge is 2.37. The SMILES string of the molecule is C=C(C)C(NN)C1CCC(F)(F)CC1. The van der Waals surface area contributed by atoms with Crippen LogP contribution in [0.1, 0.15) is 32.6 Å². The van der Waals surface area contributed by atoms with Crippen molar-refractivity contribution in [2.75, 3.05) is 0 Å². The van der Waals surface area contributed by atoms with E-state index in [9.17, 15) is 8.78 Å². The summed E-state index contributed by atoms with van der Waals surface area (Å²) in [5.74, 6) is 3.11. The number of nitrogens with one attached hydrogen (secondary N) is 1. The summed E-state index contributed by atoms with van der Waals surface area (Å²) >= 11 is 0. The Hall–Kier alpha value is -0.480. The topological polar surface area (TPSA) is 38.0 Å². The highest BCUT2D eigenvalue weighted by atomic mass is 19.3. The van der Waals surface area contributed by atoms with Gasteiger partial charge in [0.2, 0.25) is 5.92 Å². The van der Waals surface area contributed by atoms with Gasteiger partial charge in [-0.2, -0.15) is 0 Å². The number of hydrogen-bond donors (Lipinski definition) is 2. The van der Waals surface area contributed by atoms with Gasteiger partial charge >= 0.3 is 0 Å². The third-order valence-corrected chi connectivity index (χ3v) is 2.94. The summed E-state index contributed by atoms with van der Waals surface area (Å²) in [6.07, 6.45) is 0.996. The first-order chi connectivity index (χ1) is 6.46. The van der Waals surface area contributed by atoms with Crippen LogP contribution in [-0.2, 0) is 0 Å². The smallest absolute Gasteiger partial charge is 0.248 e. The van der Waals surface area contributed by atoms with Crippen LogP contribution in [0, 0.1) is 5.92 Å². The Bertz CT molecular complexity index is 206. The van der Waals surface area contributed by atoms with Crippen molar-refractivity contribution in [3.05, 3.63) is 12.2 Å². The molecule has 1 saturated carbocycles. The normalized spacial score (nSPS) is 24.6. The molecule has 1 atom stereocenters. The number of halogens is 2. The molecule has 0 aromatic rings. The fourth-order valence-corrected chi connectivity index (χ4v) is 2.08. The fraction of sp³-hybridized carbons (Fsp3) is 0.800. The Kier molecular flexibility index (Phi) is 3.61. The molecule has 0 radical (unpaired) electrons. The van der Waals surface area contributed by atoms with Gasteiger partial charge in [-0.3, -0.25) is 11.3 Å². The van der Waals surface area contributed by atoms with Crippen LogP contribution in [-0.4, -0.2) is 12.0 Å². The van der Waals surface area contributed by atoms with Crippen molar-refractivity contribution in [2.45, 2.75) is 44.6 Å². The summed E-state index contributed by atoms with van der Waals surface area (Å²) in [5, 5.41) is 0. The van der Waals surface area contributed by atoms with E-state index in [-0.39, 0.29) is 24.8 Å². The van der Waals surface area contributed by atoms with E-state index in [4.69, 9.17) is 5.84 Å². The second-order valence-electron chi connectivity index (χ2n) is 4.18. The van der Waals surface area contributed by atoms with Crippen LogP contribution in [0.2, 0.25) is 0 Å². The van der Waals surface area contributed by atoms with Crippen LogP contribution < -0.4 is 11.3 Å². The summed E-state index contributed by atoms with van der Waals surface area (Å²) in [5.41, 5.74) is 3.57. The van der Waals surface area contributed by atoms with E-state index in [1.54, 1.807) is 0 Å². The maximum absolute atomic E-state index is 12.9. The molecule has 1 rings (SSSR count). The molecule has 3 N–H and O–H groups in total. The quantitative estimate of drug-likeness (QED) is 0.420. The standard InChI is InChI=1S/C10H18F2N2/c1-7(2)9(14-13)8-3-5-10(11,12)6-4-8/h8-9,14H,1,3-6,13H2,2H3. The number of nitrogens with two attached hydrogens (primary N) is 1. The lowest BCUT2D eigenvalue weighted by Gasteiger charge is -2.33. The molecule has 0 amide bonds. The molecule has 0 heterocycles. The highest BCUT2D eigenvalue weighted by Crippen LogP contribution is 2.38. The predicted molar refractivity (Wildman–Crippen MR) is 52.8 cm³/mol. The van der Waals surface area contributed by atoms with E-state index in [1.165, 1.54) is 0 Å². The lowest BCUT2D eigenvalue weighted by Crippen LogP contribution is -2.44. The summed E-state index contributed by atoms with van der Waals surface area (Å²) in [6, 6.07) is -0.0221. The highest BCUT2D eigenvalue weighted by molar-refractivity contribution is 5.04. The molecule has 14 heavy (non-hydrogen) atoms. The summed E-state index contributed by atoms with van der Waals surface area (Å²) in [6.45, 7) is 5.68. The van der Waals surface area contributed by atoms with Gasteiger partial charge in [0.1, 0.15) is 0 Å². The first-order valence-corrected chi connectivity index (χ1v) is 4.95. The molecule has 0 aromatic carbocycles. The van der Waals surface area contributed by atoms with Gasteiger partial charge < -0.3 is 0 Å². The van der Waals surface area contributed by atoms with Gasteiger partial charge in [0.25, 0.3) is 0 Å². The van der Waals surface area contributed by atoms with E-state index in [1.807, 2.05) is 6.92 Å². The van der Waals surface area contributed by atoms with Crippen LogP contribution in [0.15, 0.2) is 12.2 Å². The summed E-state index contributed by atoms with van der Waals surface area (Å²) in [7, 11) is 0. The maximum Gasteiger partial charge on any atom is 0.248 e. The van der Waals surface area contributed by atoms with E-state index >= 15 is 0 Å². The molecule has 0 saturated heterocycles. The minimum absolute atomic E-state index is 0.0221. The zero-order chi connectivity index (χ0) is 10.8. The minimum atomic E-state index is -2.47. The van der Waals surface area contributed by atoms with Gasteiger partial charge in [-0.1, -0.05) is 12.2 Å². The first-order valence-electron chi connectivity index (χ1n) is 4.95. The Morgan fingerprint density at radius 2 is 2.00 bits per heavy atom. The Morgan fingerprint density at radius 3 is 2.36 bits per heavy atom. The zero-order valence-electron chi connectivity index (χ0n) is 8.52. The molecule has 0 aromatic heterocycles. The molecule has 1 fully saturated rings. The average molecular weight is 204 g/mol. The number of rotatable bonds is 3. The van der Waals surface area contributed by atoms with Crippen LogP contribution in [0.4, 0.5) is 8.78 Å². The van der Waals surface area contributed by atoms with E-state index in [2.05, 4.69) is 12.0 Å². The minimum Gasteiger partial charge on any atom is -0.271 e. The summed E-state index contributed by atoms with van der Waals surface area (Å²) < 4.78 is 25.7. The molecule has 1 unspecified atom stereocenters. The van der Waals surface area contributed by atoms with Crippen molar-refractivity contribution in [1.29, 1.82) is 0 Å². The van der Waals surface area contributed by atoms with Crippen molar-refractivity contribution in [1.82, 2.24) is 5.43 Å². The fourth-order valence-electron chi connectivity index (χ4n) is 2.08. The summed E-state index contributed by atoms with van der Waals surface area (Å²) in [4.78, 5) is 0. The number of alkyl halides is 2. The Balaban J connectivity index is 2.51. The molecule has 4 heteroatoms. The van der Waals surface area contributed by atoms with Crippen molar-refractivity contribution in [2.24, 2.45) is 11.8 Å². The monoisotopic (exact) mass is 204 g/mol. The van der Waals surface area contributed by atoms with Gasteiger partial charge in [-0.15, -0.1) is 0 Å². The lowest BCUT2D eigenvalue weighted by atomic mass is 9.80. The van der Waals surface area contributed by atoms with E-state index in [0.717, 1.165) is 5.57 Å². The number of hydrogen-bond acceptors (Lipinski definition) is 2. The third kappa shape index (κ3) is 2.75. The van der Waals surface area contributed by atoms with Gasteiger partial charge in [0.15, 0.2) is 0 Å². The molecular formula is C10H18F2N2.